The molecule has 4 heteroatoms. The molecule has 0 saturated heterocycles. The maximum absolute atomic E-state index is 13.6. The van der Waals surface area contributed by atoms with E-state index in [9.17, 15) is 13.6 Å². The molecule has 1 N–H and O–H groups in total. The number of hydrogen-bond donors (Lipinski definition) is 1. The van der Waals surface area contributed by atoms with Gasteiger partial charge in [-0.2, -0.15) is 0 Å². The van der Waals surface area contributed by atoms with E-state index in [2.05, 4.69) is 0 Å². The van der Waals surface area contributed by atoms with Crippen LogP contribution in [0.2, 0.25) is 0 Å². The summed E-state index contributed by atoms with van der Waals surface area (Å²) in [6, 6.07) is 8.30. The van der Waals surface area contributed by atoms with Gasteiger partial charge in [-0.3, -0.25) is 0 Å². The molecule has 0 aromatic heterocycles. The third-order valence-electron chi connectivity index (χ3n) is 2.73. The molecule has 2 nitrogen and oxygen atoms in total. The maximum atomic E-state index is 13.6. The predicted octanol–water partition coefficient (Wildman–Crippen LogP) is 3.64. The van der Waals surface area contributed by atoms with Gasteiger partial charge < -0.3 is 5.11 Å². The molecule has 0 bridgehead atoms. The maximum Gasteiger partial charge on any atom is 0.335 e. The zero-order valence-corrected chi connectivity index (χ0v) is 9.58. The van der Waals surface area contributed by atoms with Crippen LogP contribution in [0.1, 0.15) is 15.9 Å². The van der Waals surface area contributed by atoms with Crippen LogP contribution in [0, 0.1) is 18.6 Å². The minimum atomic E-state index is -1.09. The third-order valence-corrected chi connectivity index (χ3v) is 2.73. The minimum absolute atomic E-state index is 0.0532. The average molecular weight is 248 g/mol. The van der Waals surface area contributed by atoms with Gasteiger partial charge in [0.2, 0.25) is 0 Å². The summed E-state index contributed by atoms with van der Waals surface area (Å²) in [5.41, 5.74) is 1.05. The Labute approximate surface area is 103 Å². The summed E-state index contributed by atoms with van der Waals surface area (Å²) in [5, 5.41) is 8.99. The third kappa shape index (κ3) is 2.09. The molecule has 2 aromatic rings. The summed E-state index contributed by atoms with van der Waals surface area (Å²) in [4.78, 5) is 11.0. The van der Waals surface area contributed by atoms with Crippen molar-refractivity contribution >= 4 is 5.97 Å². The monoisotopic (exact) mass is 248 g/mol. The van der Waals surface area contributed by atoms with Gasteiger partial charge in [0.15, 0.2) is 11.6 Å². The fraction of sp³-hybridized carbons (Fsp3) is 0.0714. The topological polar surface area (TPSA) is 37.3 Å². The summed E-state index contributed by atoms with van der Waals surface area (Å²) in [5.74, 6) is -3.02. The van der Waals surface area contributed by atoms with Crippen molar-refractivity contribution in [1.82, 2.24) is 0 Å². The van der Waals surface area contributed by atoms with Gasteiger partial charge in [-0.1, -0.05) is 24.3 Å². The van der Waals surface area contributed by atoms with E-state index in [0.29, 0.717) is 11.1 Å². The summed E-state index contributed by atoms with van der Waals surface area (Å²) >= 11 is 0. The number of carboxylic acids is 1. The molecule has 18 heavy (non-hydrogen) atoms. The van der Waals surface area contributed by atoms with Gasteiger partial charge in [-0.05, 0) is 30.2 Å². The van der Waals surface area contributed by atoms with E-state index in [1.807, 2.05) is 0 Å². The number of aromatic carboxylic acids is 1. The van der Waals surface area contributed by atoms with Crippen LogP contribution in [0.4, 0.5) is 8.78 Å². The van der Waals surface area contributed by atoms with E-state index < -0.39 is 17.6 Å². The molecule has 0 aliphatic carbocycles. The molecule has 92 valence electrons. The Morgan fingerprint density at radius 3 is 2.56 bits per heavy atom. The SMILES string of the molecule is Cc1ccc(-c2cccc(F)c2F)cc1C(=O)O. The van der Waals surface area contributed by atoms with Crippen molar-refractivity contribution in [3.8, 4) is 11.1 Å². The molecule has 2 rings (SSSR count). The van der Waals surface area contributed by atoms with E-state index >= 15 is 0 Å². The van der Waals surface area contributed by atoms with Crippen molar-refractivity contribution in [3.63, 3.8) is 0 Å². The summed E-state index contributed by atoms with van der Waals surface area (Å²) < 4.78 is 26.7. The molecular weight excluding hydrogens is 238 g/mol. The van der Waals surface area contributed by atoms with E-state index in [1.54, 1.807) is 19.1 Å². The van der Waals surface area contributed by atoms with Crippen molar-refractivity contribution in [2.75, 3.05) is 0 Å². The fourth-order valence-corrected chi connectivity index (χ4v) is 1.75. The zero-order valence-electron chi connectivity index (χ0n) is 9.58. The lowest BCUT2D eigenvalue weighted by Gasteiger charge is -2.07. The number of hydrogen-bond acceptors (Lipinski definition) is 1. The van der Waals surface area contributed by atoms with Gasteiger partial charge in [0, 0.05) is 5.56 Å². The van der Waals surface area contributed by atoms with E-state index in [-0.39, 0.29) is 11.1 Å². The van der Waals surface area contributed by atoms with Crippen LogP contribution in [0.25, 0.3) is 11.1 Å². The highest BCUT2D eigenvalue weighted by Crippen LogP contribution is 2.26. The molecule has 0 saturated carbocycles. The molecule has 0 heterocycles. The summed E-state index contributed by atoms with van der Waals surface area (Å²) in [7, 11) is 0. The van der Waals surface area contributed by atoms with Gasteiger partial charge in [0.25, 0.3) is 0 Å². The van der Waals surface area contributed by atoms with Crippen molar-refractivity contribution in [1.29, 1.82) is 0 Å². The highest BCUT2D eigenvalue weighted by atomic mass is 19.2. The average Bonchev–Trinajstić information content (AvgIpc) is 2.33. The summed E-state index contributed by atoms with van der Waals surface area (Å²) in [6.45, 7) is 1.65. The number of aryl methyl sites for hydroxylation is 1. The molecule has 2 aromatic carbocycles. The van der Waals surface area contributed by atoms with Gasteiger partial charge >= 0.3 is 5.97 Å². The van der Waals surface area contributed by atoms with E-state index in [1.165, 1.54) is 18.2 Å². The second-order valence-electron chi connectivity index (χ2n) is 3.94. The molecule has 0 spiro atoms. The van der Waals surface area contributed by atoms with Crippen molar-refractivity contribution in [2.45, 2.75) is 6.92 Å². The highest BCUT2D eigenvalue weighted by Gasteiger charge is 2.13. The normalized spacial score (nSPS) is 10.4. The van der Waals surface area contributed by atoms with Crippen LogP contribution in [-0.4, -0.2) is 11.1 Å². The van der Waals surface area contributed by atoms with Crippen LogP contribution in [-0.2, 0) is 0 Å². The second kappa shape index (κ2) is 4.56. The van der Waals surface area contributed by atoms with Crippen LogP contribution in [0.15, 0.2) is 36.4 Å². The summed E-state index contributed by atoms with van der Waals surface area (Å²) in [6.07, 6.45) is 0. The number of rotatable bonds is 2. The van der Waals surface area contributed by atoms with Gasteiger partial charge in [0.1, 0.15) is 0 Å². The van der Waals surface area contributed by atoms with Crippen LogP contribution in [0.5, 0.6) is 0 Å². The van der Waals surface area contributed by atoms with Gasteiger partial charge in [0.05, 0.1) is 5.56 Å². The predicted molar refractivity (Wildman–Crippen MR) is 63.5 cm³/mol. The van der Waals surface area contributed by atoms with Crippen molar-refractivity contribution in [2.24, 2.45) is 0 Å². The largest absolute Gasteiger partial charge is 0.478 e. The first-order chi connectivity index (χ1) is 8.50. The molecule has 0 aliphatic heterocycles. The Morgan fingerprint density at radius 1 is 1.17 bits per heavy atom. The molecule has 0 aliphatic rings. The lowest BCUT2D eigenvalue weighted by molar-refractivity contribution is 0.0696. The van der Waals surface area contributed by atoms with Crippen molar-refractivity contribution < 1.29 is 18.7 Å². The molecule has 0 unspecified atom stereocenters. The smallest absolute Gasteiger partial charge is 0.335 e. The van der Waals surface area contributed by atoms with Gasteiger partial charge in [-0.15, -0.1) is 0 Å². The second-order valence-corrected chi connectivity index (χ2v) is 3.94. The lowest BCUT2D eigenvalue weighted by atomic mass is 9.99. The molecule has 0 amide bonds. The Morgan fingerprint density at radius 2 is 1.89 bits per heavy atom. The first-order valence-corrected chi connectivity index (χ1v) is 5.29. The quantitative estimate of drug-likeness (QED) is 0.880. The Kier molecular flexibility index (Phi) is 3.10. The van der Waals surface area contributed by atoms with E-state index in [4.69, 9.17) is 5.11 Å². The first-order valence-electron chi connectivity index (χ1n) is 5.29. The Bertz CT molecular complexity index is 621. The lowest BCUT2D eigenvalue weighted by Crippen LogP contribution is -2.00. The Hall–Kier alpha value is -2.23. The Balaban J connectivity index is 2.62. The molecule has 0 radical (unpaired) electrons. The van der Waals surface area contributed by atoms with Crippen LogP contribution in [0.3, 0.4) is 0 Å². The fourth-order valence-electron chi connectivity index (χ4n) is 1.75. The molecule has 0 fully saturated rings. The number of carbonyl (C=O) groups is 1. The van der Waals surface area contributed by atoms with Gasteiger partial charge in [-0.25, -0.2) is 13.6 Å². The molecule has 0 atom stereocenters. The molecular formula is C14H10F2O2. The number of benzene rings is 2. The number of carboxylic acid groups (broad SMARTS) is 1. The highest BCUT2D eigenvalue weighted by molar-refractivity contribution is 5.91. The number of halogens is 2. The zero-order chi connectivity index (χ0) is 13.3. The van der Waals surface area contributed by atoms with E-state index in [0.717, 1.165) is 6.07 Å². The standard InChI is InChI=1S/C14H10F2O2/c1-8-5-6-9(7-11(8)14(17)18)10-3-2-4-12(15)13(10)16/h2-7H,1H3,(H,17,18). The minimum Gasteiger partial charge on any atom is -0.478 e. The van der Waals surface area contributed by atoms with Crippen LogP contribution >= 0.6 is 0 Å². The first kappa shape index (κ1) is 12.2. The van der Waals surface area contributed by atoms with Crippen molar-refractivity contribution in [3.05, 3.63) is 59.2 Å². The van der Waals surface area contributed by atoms with Crippen LogP contribution < -0.4 is 0 Å².